The van der Waals surface area contributed by atoms with Crippen molar-refractivity contribution >= 4 is 17.8 Å². The van der Waals surface area contributed by atoms with Gasteiger partial charge in [-0.15, -0.1) is 0 Å². The summed E-state index contributed by atoms with van der Waals surface area (Å²) >= 11 is 0. The maximum absolute atomic E-state index is 13.5. The molecule has 2 N–H and O–H groups in total. The molecule has 1 aromatic carbocycles. The summed E-state index contributed by atoms with van der Waals surface area (Å²) in [6, 6.07) is 8.96. The van der Waals surface area contributed by atoms with Crippen molar-refractivity contribution in [3.8, 4) is 16.8 Å². The standard InChI is InChI=1S/C26H31N7O4/c1-4-19-20(16-5-7-18(8-6-16)33-15-29-30(3)25(33)36)9-10-28-23(19)32-12-11-31(26(32)37)21-13-17(14-22(21)34)24(35)27-2/h5-10,15,17,21-22,34H,4,11-14H2,1-3H3,(H,27,35)/t17-,21?,22+/m0/s1. The van der Waals surface area contributed by atoms with E-state index >= 15 is 0 Å². The van der Waals surface area contributed by atoms with Gasteiger partial charge in [0, 0.05) is 44.9 Å². The molecule has 5 rings (SSSR count). The van der Waals surface area contributed by atoms with Crippen LogP contribution in [-0.4, -0.2) is 73.6 Å². The van der Waals surface area contributed by atoms with Gasteiger partial charge in [0.05, 0.1) is 17.8 Å². The molecule has 1 saturated carbocycles. The number of benzene rings is 1. The van der Waals surface area contributed by atoms with Crippen molar-refractivity contribution < 1.29 is 14.7 Å². The van der Waals surface area contributed by atoms with Gasteiger partial charge in [-0.25, -0.2) is 23.8 Å². The van der Waals surface area contributed by atoms with Gasteiger partial charge in [-0.3, -0.25) is 9.69 Å². The number of nitrogens with zero attached hydrogens (tertiary/aromatic N) is 6. The number of rotatable bonds is 6. The predicted octanol–water partition coefficient (Wildman–Crippen LogP) is 1.32. The SMILES string of the molecule is CCc1c(-c2ccc(-n3cnn(C)c3=O)cc2)ccnc1N1CCN(C2C[C@H](C(=O)NC)C[C@H]2O)C1=O. The Balaban J connectivity index is 1.40. The van der Waals surface area contributed by atoms with Crippen LogP contribution in [0.15, 0.2) is 47.7 Å². The van der Waals surface area contributed by atoms with Crippen LogP contribution in [0.2, 0.25) is 0 Å². The second-order valence-electron chi connectivity index (χ2n) is 9.51. The normalized spacial score (nSPS) is 21.6. The molecule has 3 atom stereocenters. The second kappa shape index (κ2) is 9.81. The molecule has 0 spiro atoms. The fraction of sp³-hybridized carbons (Fsp3) is 0.423. The molecule has 3 amide bonds. The number of aromatic nitrogens is 4. The van der Waals surface area contributed by atoms with Crippen molar-refractivity contribution in [2.75, 3.05) is 25.0 Å². The monoisotopic (exact) mass is 505 g/mol. The Hall–Kier alpha value is -3.99. The molecule has 2 fully saturated rings. The van der Waals surface area contributed by atoms with Gasteiger partial charge < -0.3 is 15.3 Å². The van der Waals surface area contributed by atoms with Gasteiger partial charge in [0.1, 0.15) is 12.1 Å². The van der Waals surface area contributed by atoms with Gasteiger partial charge in [-0.05, 0) is 48.6 Å². The molecular weight excluding hydrogens is 474 g/mol. The first-order chi connectivity index (χ1) is 17.8. The Morgan fingerprint density at radius 2 is 1.89 bits per heavy atom. The van der Waals surface area contributed by atoms with Crippen molar-refractivity contribution in [3.63, 3.8) is 0 Å². The van der Waals surface area contributed by atoms with Crippen LogP contribution in [-0.2, 0) is 18.3 Å². The molecule has 11 nitrogen and oxygen atoms in total. The Morgan fingerprint density at radius 3 is 2.54 bits per heavy atom. The number of nitrogens with one attached hydrogen (secondary N) is 1. The topological polar surface area (TPSA) is 126 Å². The van der Waals surface area contributed by atoms with E-state index in [4.69, 9.17) is 0 Å². The first-order valence-corrected chi connectivity index (χ1v) is 12.5. The zero-order chi connectivity index (χ0) is 26.3. The van der Waals surface area contributed by atoms with Crippen molar-refractivity contribution in [2.45, 2.75) is 38.3 Å². The van der Waals surface area contributed by atoms with Crippen molar-refractivity contribution in [3.05, 3.63) is 58.9 Å². The number of amides is 3. The highest BCUT2D eigenvalue weighted by molar-refractivity contribution is 5.95. The number of aliphatic hydroxyl groups excluding tert-OH is 1. The number of aryl methyl sites for hydroxylation is 1. The van der Waals surface area contributed by atoms with E-state index in [1.54, 1.807) is 30.1 Å². The van der Waals surface area contributed by atoms with E-state index in [1.807, 2.05) is 37.3 Å². The van der Waals surface area contributed by atoms with Crippen LogP contribution in [0, 0.1) is 5.92 Å². The van der Waals surface area contributed by atoms with Gasteiger partial charge in [0.25, 0.3) is 0 Å². The Labute approximate surface area is 214 Å². The molecule has 0 radical (unpaired) electrons. The fourth-order valence-electron chi connectivity index (χ4n) is 5.50. The highest BCUT2D eigenvalue weighted by Crippen LogP contribution is 2.36. The summed E-state index contributed by atoms with van der Waals surface area (Å²) in [7, 11) is 3.19. The summed E-state index contributed by atoms with van der Waals surface area (Å²) in [5, 5.41) is 17.3. The Bertz CT molecular complexity index is 1380. The zero-order valence-corrected chi connectivity index (χ0v) is 21.2. The quantitative estimate of drug-likeness (QED) is 0.521. The third kappa shape index (κ3) is 4.29. The third-order valence-electron chi connectivity index (χ3n) is 7.48. The van der Waals surface area contributed by atoms with Gasteiger partial charge in [-0.2, -0.15) is 5.10 Å². The minimum Gasteiger partial charge on any atom is -0.391 e. The maximum atomic E-state index is 13.5. The minimum absolute atomic E-state index is 0.105. The van der Waals surface area contributed by atoms with Gasteiger partial charge in [0.15, 0.2) is 0 Å². The first-order valence-electron chi connectivity index (χ1n) is 12.5. The van der Waals surface area contributed by atoms with E-state index in [-0.39, 0.29) is 23.5 Å². The van der Waals surface area contributed by atoms with Crippen LogP contribution in [0.5, 0.6) is 0 Å². The van der Waals surface area contributed by atoms with Gasteiger partial charge in [0.2, 0.25) is 5.91 Å². The molecular formula is C26H31N7O4. The molecule has 3 aromatic rings. The number of carbonyl (C=O) groups is 2. The lowest BCUT2D eigenvalue weighted by molar-refractivity contribution is -0.124. The molecule has 37 heavy (non-hydrogen) atoms. The number of hydrogen-bond donors (Lipinski definition) is 2. The van der Waals surface area contributed by atoms with E-state index in [2.05, 4.69) is 15.4 Å². The average molecular weight is 506 g/mol. The largest absolute Gasteiger partial charge is 0.391 e. The number of anilines is 1. The van der Waals surface area contributed by atoms with E-state index in [1.165, 1.54) is 15.6 Å². The number of urea groups is 1. The van der Waals surface area contributed by atoms with Crippen molar-refractivity contribution in [1.29, 1.82) is 0 Å². The molecule has 1 saturated heterocycles. The van der Waals surface area contributed by atoms with Crippen LogP contribution >= 0.6 is 0 Å². The highest BCUT2D eigenvalue weighted by Gasteiger charge is 2.45. The number of aliphatic hydroxyl groups is 1. The zero-order valence-electron chi connectivity index (χ0n) is 21.2. The lowest BCUT2D eigenvalue weighted by Crippen LogP contribution is -2.43. The highest BCUT2D eigenvalue weighted by atomic mass is 16.3. The van der Waals surface area contributed by atoms with Crippen LogP contribution in [0.3, 0.4) is 0 Å². The number of hydrogen-bond acceptors (Lipinski definition) is 6. The Kier molecular flexibility index (Phi) is 6.55. The first kappa shape index (κ1) is 24.7. The van der Waals surface area contributed by atoms with Crippen LogP contribution in [0.25, 0.3) is 16.8 Å². The summed E-state index contributed by atoms with van der Waals surface area (Å²) in [5.41, 5.74) is 3.34. The average Bonchev–Trinajstić information content (AvgIpc) is 3.59. The maximum Gasteiger partial charge on any atom is 0.350 e. The lowest BCUT2D eigenvalue weighted by atomic mass is 9.98. The minimum atomic E-state index is -0.734. The van der Waals surface area contributed by atoms with E-state index in [0.717, 1.165) is 16.7 Å². The smallest absolute Gasteiger partial charge is 0.350 e. The van der Waals surface area contributed by atoms with Gasteiger partial charge >= 0.3 is 11.7 Å². The lowest BCUT2D eigenvalue weighted by Gasteiger charge is -2.27. The van der Waals surface area contributed by atoms with Gasteiger partial charge in [-0.1, -0.05) is 19.1 Å². The van der Waals surface area contributed by atoms with Crippen molar-refractivity contribution in [2.24, 2.45) is 13.0 Å². The molecule has 2 aliphatic rings. The summed E-state index contributed by atoms with van der Waals surface area (Å²) in [5.74, 6) is 0.201. The molecule has 0 bridgehead atoms. The molecule has 1 aliphatic carbocycles. The second-order valence-corrected chi connectivity index (χ2v) is 9.51. The molecule has 194 valence electrons. The van der Waals surface area contributed by atoms with E-state index in [0.29, 0.717) is 43.9 Å². The number of pyridine rings is 1. The molecule has 3 heterocycles. The third-order valence-corrected chi connectivity index (χ3v) is 7.48. The van der Waals surface area contributed by atoms with Crippen LogP contribution in [0.4, 0.5) is 10.6 Å². The van der Waals surface area contributed by atoms with Crippen LogP contribution < -0.4 is 15.9 Å². The van der Waals surface area contributed by atoms with E-state index < -0.39 is 12.1 Å². The summed E-state index contributed by atoms with van der Waals surface area (Å²) in [4.78, 5) is 45.8. The van der Waals surface area contributed by atoms with Crippen molar-refractivity contribution in [1.82, 2.24) is 29.5 Å². The predicted molar refractivity (Wildman–Crippen MR) is 137 cm³/mol. The van der Waals surface area contributed by atoms with E-state index in [9.17, 15) is 19.5 Å². The molecule has 11 heteroatoms. The fourth-order valence-corrected chi connectivity index (χ4v) is 5.50. The van der Waals surface area contributed by atoms with Crippen LogP contribution in [0.1, 0.15) is 25.3 Å². The number of carbonyl (C=O) groups excluding carboxylic acids is 2. The molecule has 1 aliphatic heterocycles. The Morgan fingerprint density at radius 1 is 1.14 bits per heavy atom. The molecule has 2 aromatic heterocycles. The summed E-state index contributed by atoms with van der Waals surface area (Å²) in [6.45, 7) is 2.95. The molecule has 1 unspecified atom stereocenters. The summed E-state index contributed by atoms with van der Waals surface area (Å²) in [6.07, 6.45) is 3.91. The summed E-state index contributed by atoms with van der Waals surface area (Å²) < 4.78 is 2.75.